The quantitative estimate of drug-likeness (QED) is 0.720. The Labute approximate surface area is 175 Å². The molecule has 0 saturated carbocycles. The molecule has 0 saturated heterocycles. The SMILES string of the molecule is O=C(CN1C(=O)[C@](O)(c2cccc(F)c2)c2ccccc21)NCCC1=CCCCC1. The van der Waals surface area contributed by atoms with E-state index in [0.717, 1.165) is 25.3 Å². The second-order valence-electron chi connectivity index (χ2n) is 7.84. The number of nitrogens with one attached hydrogen (secondary N) is 1. The molecule has 156 valence electrons. The molecule has 0 spiro atoms. The molecule has 0 fully saturated rings. The van der Waals surface area contributed by atoms with Crippen LogP contribution >= 0.6 is 0 Å². The first-order valence-electron chi connectivity index (χ1n) is 10.3. The van der Waals surface area contributed by atoms with Gasteiger partial charge in [-0.05, 0) is 50.3 Å². The first-order chi connectivity index (χ1) is 14.5. The van der Waals surface area contributed by atoms with E-state index < -0.39 is 17.3 Å². The van der Waals surface area contributed by atoms with Gasteiger partial charge in [-0.15, -0.1) is 0 Å². The number of hydrogen-bond acceptors (Lipinski definition) is 3. The zero-order valence-corrected chi connectivity index (χ0v) is 16.7. The minimum atomic E-state index is -2.02. The van der Waals surface area contributed by atoms with E-state index >= 15 is 0 Å². The lowest BCUT2D eigenvalue weighted by atomic mass is 9.87. The van der Waals surface area contributed by atoms with Crippen LogP contribution in [0.5, 0.6) is 0 Å². The number of rotatable bonds is 6. The summed E-state index contributed by atoms with van der Waals surface area (Å²) in [7, 11) is 0. The number of fused-ring (bicyclic) bond motifs is 1. The molecule has 2 aromatic carbocycles. The van der Waals surface area contributed by atoms with Gasteiger partial charge in [-0.25, -0.2) is 4.39 Å². The predicted octanol–water partition coefficient (Wildman–Crippen LogP) is 3.41. The molecular weight excluding hydrogens is 383 g/mol. The molecule has 2 aliphatic rings. The van der Waals surface area contributed by atoms with Crippen LogP contribution in [0.4, 0.5) is 10.1 Å². The second kappa shape index (κ2) is 8.40. The molecule has 6 heteroatoms. The van der Waals surface area contributed by atoms with Gasteiger partial charge in [0.05, 0.1) is 5.69 Å². The zero-order chi connectivity index (χ0) is 21.1. The third-order valence-corrected chi connectivity index (χ3v) is 5.84. The molecule has 2 N–H and O–H groups in total. The number of halogens is 1. The van der Waals surface area contributed by atoms with Crippen molar-refractivity contribution in [2.45, 2.75) is 37.7 Å². The van der Waals surface area contributed by atoms with Crippen LogP contribution in [0.25, 0.3) is 0 Å². The van der Waals surface area contributed by atoms with Gasteiger partial charge in [0.25, 0.3) is 5.91 Å². The Morgan fingerprint density at radius 2 is 2.00 bits per heavy atom. The summed E-state index contributed by atoms with van der Waals surface area (Å²) < 4.78 is 13.8. The molecule has 0 unspecified atom stereocenters. The zero-order valence-electron chi connectivity index (χ0n) is 16.7. The van der Waals surface area contributed by atoms with Crippen LogP contribution in [-0.4, -0.2) is 30.0 Å². The third kappa shape index (κ3) is 3.75. The maximum atomic E-state index is 13.8. The number of hydrogen-bond donors (Lipinski definition) is 2. The molecule has 0 bridgehead atoms. The number of para-hydroxylation sites is 1. The van der Waals surface area contributed by atoms with Crippen LogP contribution in [0.3, 0.4) is 0 Å². The molecule has 1 atom stereocenters. The van der Waals surface area contributed by atoms with Gasteiger partial charge >= 0.3 is 0 Å². The Morgan fingerprint density at radius 1 is 1.17 bits per heavy atom. The number of allylic oxidation sites excluding steroid dienone is 1. The molecule has 1 heterocycles. The van der Waals surface area contributed by atoms with Crippen LogP contribution in [0.1, 0.15) is 43.2 Å². The van der Waals surface area contributed by atoms with Crippen molar-refractivity contribution >= 4 is 17.5 Å². The fourth-order valence-corrected chi connectivity index (χ4v) is 4.28. The van der Waals surface area contributed by atoms with Crippen LogP contribution < -0.4 is 10.2 Å². The van der Waals surface area contributed by atoms with Crippen molar-refractivity contribution in [1.82, 2.24) is 5.32 Å². The molecule has 4 rings (SSSR count). The van der Waals surface area contributed by atoms with Crippen LogP contribution in [0, 0.1) is 5.82 Å². The molecule has 2 aromatic rings. The summed E-state index contributed by atoms with van der Waals surface area (Å²) in [4.78, 5) is 27.0. The smallest absolute Gasteiger partial charge is 0.268 e. The maximum Gasteiger partial charge on any atom is 0.268 e. The largest absolute Gasteiger partial charge is 0.372 e. The standard InChI is InChI=1S/C24H25FN2O3/c25-19-10-6-9-18(15-19)24(30)20-11-4-5-12-21(20)27(23(24)29)16-22(28)26-14-13-17-7-2-1-3-8-17/h4-7,9-12,15,30H,1-3,8,13-14,16H2,(H,26,28)/t24-/m0/s1. The average Bonchev–Trinajstić information content (AvgIpc) is 2.97. The Bertz CT molecular complexity index is 1000. The molecular formula is C24H25FN2O3. The number of carbonyl (C=O) groups is 2. The van der Waals surface area contributed by atoms with Crippen molar-refractivity contribution in [2.24, 2.45) is 0 Å². The Morgan fingerprint density at radius 3 is 2.77 bits per heavy atom. The average molecular weight is 408 g/mol. The van der Waals surface area contributed by atoms with Crippen LogP contribution in [0.2, 0.25) is 0 Å². The number of carbonyl (C=O) groups excluding carboxylic acids is 2. The third-order valence-electron chi connectivity index (χ3n) is 5.84. The highest BCUT2D eigenvalue weighted by Crippen LogP contribution is 2.44. The molecule has 1 aliphatic carbocycles. The van der Waals surface area contributed by atoms with E-state index in [4.69, 9.17) is 0 Å². The Kier molecular flexibility index (Phi) is 5.68. The maximum absolute atomic E-state index is 13.8. The number of nitrogens with zero attached hydrogens (tertiary/aromatic N) is 1. The number of aliphatic hydroxyl groups is 1. The highest BCUT2D eigenvalue weighted by atomic mass is 19.1. The van der Waals surface area contributed by atoms with Crippen LogP contribution in [-0.2, 0) is 15.2 Å². The van der Waals surface area contributed by atoms with Gasteiger partial charge in [0, 0.05) is 17.7 Å². The fourth-order valence-electron chi connectivity index (χ4n) is 4.28. The molecule has 2 amide bonds. The lowest BCUT2D eigenvalue weighted by Crippen LogP contribution is -2.45. The van der Waals surface area contributed by atoms with Gasteiger partial charge in [-0.1, -0.05) is 42.0 Å². The second-order valence-corrected chi connectivity index (χ2v) is 7.84. The van der Waals surface area contributed by atoms with E-state index in [1.165, 1.54) is 41.5 Å². The molecule has 0 radical (unpaired) electrons. The minimum absolute atomic E-state index is 0.145. The monoisotopic (exact) mass is 408 g/mol. The lowest BCUT2D eigenvalue weighted by Gasteiger charge is -2.23. The summed E-state index contributed by atoms with van der Waals surface area (Å²) in [5.74, 6) is -1.49. The van der Waals surface area contributed by atoms with Crippen LogP contribution in [0.15, 0.2) is 60.2 Å². The van der Waals surface area contributed by atoms with Gasteiger partial charge < -0.3 is 10.4 Å². The lowest BCUT2D eigenvalue weighted by molar-refractivity contribution is -0.133. The topological polar surface area (TPSA) is 69.6 Å². The summed E-state index contributed by atoms with van der Waals surface area (Å²) in [6, 6.07) is 12.1. The first-order valence-corrected chi connectivity index (χ1v) is 10.3. The fraction of sp³-hybridized carbons (Fsp3) is 0.333. The van der Waals surface area contributed by atoms with Crippen molar-refractivity contribution in [3.63, 3.8) is 0 Å². The molecule has 5 nitrogen and oxygen atoms in total. The van der Waals surface area contributed by atoms with Gasteiger partial charge in [-0.3, -0.25) is 14.5 Å². The molecule has 0 aromatic heterocycles. The van der Waals surface area contributed by atoms with E-state index in [9.17, 15) is 19.1 Å². The van der Waals surface area contributed by atoms with E-state index in [1.54, 1.807) is 24.3 Å². The summed E-state index contributed by atoms with van der Waals surface area (Å²) in [6.07, 6.45) is 7.64. The van der Waals surface area contributed by atoms with Gasteiger partial charge in [0.2, 0.25) is 5.91 Å². The van der Waals surface area contributed by atoms with Gasteiger partial charge in [0.1, 0.15) is 12.4 Å². The Balaban J connectivity index is 1.51. The first kappa shape index (κ1) is 20.3. The van der Waals surface area contributed by atoms with E-state index in [0.29, 0.717) is 17.8 Å². The summed E-state index contributed by atoms with van der Waals surface area (Å²) in [5.41, 5.74) is 0.295. The predicted molar refractivity (Wildman–Crippen MR) is 112 cm³/mol. The summed E-state index contributed by atoms with van der Waals surface area (Å²) in [6.45, 7) is 0.315. The highest BCUT2D eigenvalue weighted by Gasteiger charge is 2.51. The van der Waals surface area contributed by atoms with Crippen molar-refractivity contribution in [3.8, 4) is 0 Å². The van der Waals surface area contributed by atoms with Gasteiger partial charge in [0.15, 0.2) is 5.60 Å². The van der Waals surface area contributed by atoms with E-state index in [2.05, 4.69) is 11.4 Å². The number of amides is 2. The minimum Gasteiger partial charge on any atom is -0.372 e. The van der Waals surface area contributed by atoms with E-state index in [1.807, 2.05) is 0 Å². The highest BCUT2D eigenvalue weighted by molar-refractivity contribution is 6.11. The number of anilines is 1. The normalized spacial score (nSPS) is 20.7. The Hall–Kier alpha value is -2.99. The van der Waals surface area contributed by atoms with Crippen molar-refractivity contribution in [3.05, 3.63) is 77.1 Å². The summed E-state index contributed by atoms with van der Waals surface area (Å²) in [5, 5.41) is 14.2. The molecule has 30 heavy (non-hydrogen) atoms. The van der Waals surface area contributed by atoms with Crippen molar-refractivity contribution in [1.29, 1.82) is 0 Å². The van der Waals surface area contributed by atoms with Gasteiger partial charge in [-0.2, -0.15) is 0 Å². The van der Waals surface area contributed by atoms with E-state index in [-0.39, 0.29) is 18.0 Å². The van der Waals surface area contributed by atoms with Crippen molar-refractivity contribution in [2.75, 3.05) is 18.0 Å². The molecule has 1 aliphatic heterocycles. The summed E-state index contributed by atoms with van der Waals surface area (Å²) >= 11 is 0. The van der Waals surface area contributed by atoms with Crippen molar-refractivity contribution < 1.29 is 19.1 Å². The number of benzene rings is 2.